The number of rotatable bonds is 2. The summed E-state index contributed by atoms with van der Waals surface area (Å²) in [7, 11) is 1.84. The minimum Gasteiger partial charge on any atom is -0.341 e. The zero-order valence-electron chi connectivity index (χ0n) is 12.2. The molecule has 5 heteroatoms. The lowest BCUT2D eigenvalue weighted by atomic mass is 9.75. The fourth-order valence-corrected chi connectivity index (χ4v) is 3.74. The summed E-state index contributed by atoms with van der Waals surface area (Å²) in [4.78, 5) is 14.5. The fourth-order valence-electron chi connectivity index (χ4n) is 3.74. The lowest BCUT2D eigenvalue weighted by Crippen LogP contribution is -2.47. The maximum absolute atomic E-state index is 12.5. The minimum absolute atomic E-state index is 0.0574. The molecule has 2 N–H and O–H groups in total. The molecule has 3 atom stereocenters. The van der Waals surface area contributed by atoms with E-state index in [2.05, 4.69) is 5.10 Å². The summed E-state index contributed by atoms with van der Waals surface area (Å²) in [6, 6.07) is -0.566. The Labute approximate surface area is 120 Å². The maximum atomic E-state index is 12.5. The Morgan fingerprint density at radius 2 is 2.10 bits per heavy atom. The van der Waals surface area contributed by atoms with Crippen molar-refractivity contribution in [3.05, 3.63) is 18.0 Å². The quantitative estimate of drug-likeness (QED) is 0.889. The lowest BCUT2D eigenvalue weighted by molar-refractivity contribution is -0.135. The van der Waals surface area contributed by atoms with Gasteiger partial charge >= 0.3 is 0 Å². The lowest BCUT2D eigenvalue weighted by Gasteiger charge is -2.41. The van der Waals surface area contributed by atoms with Gasteiger partial charge in [0.2, 0.25) is 5.91 Å². The highest BCUT2D eigenvalue weighted by molar-refractivity contribution is 5.83. The van der Waals surface area contributed by atoms with E-state index in [0.29, 0.717) is 5.92 Å². The second kappa shape index (κ2) is 5.56. The van der Waals surface area contributed by atoms with E-state index < -0.39 is 6.04 Å². The van der Waals surface area contributed by atoms with Crippen molar-refractivity contribution in [3.63, 3.8) is 0 Å². The molecule has 0 radical (unpaired) electrons. The third-order valence-electron chi connectivity index (χ3n) is 4.95. The van der Waals surface area contributed by atoms with Crippen molar-refractivity contribution in [2.75, 3.05) is 13.1 Å². The summed E-state index contributed by atoms with van der Waals surface area (Å²) in [6.07, 6.45) is 9.97. The van der Waals surface area contributed by atoms with Crippen LogP contribution in [-0.2, 0) is 11.8 Å². The molecule has 1 amide bonds. The second-order valence-electron chi connectivity index (χ2n) is 6.30. The van der Waals surface area contributed by atoms with Crippen LogP contribution in [0.15, 0.2) is 12.4 Å². The van der Waals surface area contributed by atoms with Crippen LogP contribution in [0.2, 0.25) is 0 Å². The normalized spacial score (nSPS) is 28.0. The van der Waals surface area contributed by atoms with Gasteiger partial charge in [-0.15, -0.1) is 0 Å². The fraction of sp³-hybridized carbons (Fsp3) is 0.733. The number of carbonyl (C=O) groups excluding carboxylic acids is 1. The minimum atomic E-state index is -0.566. The molecule has 1 saturated heterocycles. The van der Waals surface area contributed by atoms with E-state index >= 15 is 0 Å². The van der Waals surface area contributed by atoms with Crippen molar-refractivity contribution < 1.29 is 4.79 Å². The number of amides is 1. The van der Waals surface area contributed by atoms with Crippen LogP contribution in [0.4, 0.5) is 0 Å². The Morgan fingerprint density at radius 3 is 2.80 bits per heavy atom. The monoisotopic (exact) mass is 276 g/mol. The Morgan fingerprint density at radius 1 is 1.35 bits per heavy atom. The van der Waals surface area contributed by atoms with Gasteiger partial charge in [-0.1, -0.05) is 19.3 Å². The van der Waals surface area contributed by atoms with E-state index in [-0.39, 0.29) is 5.91 Å². The van der Waals surface area contributed by atoms with Gasteiger partial charge in [0, 0.05) is 31.9 Å². The number of fused-ring (bicyclic) bond motifs is 1. The molecule has 3 rings (SSSR count). The molecule has 0 aromatic carbocycles. The van der Waals surface area contributed by atoms with Gasteiger partial charge in [0.1, 0.15) is 6.04 Å². The van der Waals surface area contributed by atoms with E-state index in [0.717, 1.165) is 31.0 Å². The number of hydrogen-bond acceptors (Lipinski definition) is 3. The van der Waals surface area contributed by atoms with Gasteiger partial charge in [-0.25, -0.2) is 0 Å². The topological polar surface area (TPSA) is 64.2 Å². The van der Waals surface area contributed by atoms with Crippen LogP contribution in [0, 0.1) is 11.8 Å². The molecule has 20 heavy (non-hydrogen) atoms. The summed E-state index contributed by atoms with van der Waals surface area (Å²) in [5, 5.41) is 4.10. The molecule has 0 spiro atoms. The molecular weight excluding hydrogens is 252 g/mol. The van der Waals surface area contributed by atoms with Gasteiger partial charge in [0.15, 0.2) is 0 Å². The third kappa shape index (κ3) is 2.59. The molecular formula is C15H24N4O. The van der Waals surface area contributed by atoms with Crippen molar-refractivity contribution >= 4 is 5.91 Å². The van der Waals surface area contributed by atoms with Gasteiger partial charge in [0.25, 0.3) is 0 Å². The molecule has 1 aliphatic heterocycles. The van der Waals surface area contributed by atoms with Crippen molar-refractivity contribution in [1.82, 2.24) is 14.7 Å². The zero-order chi connectivity index (χ0) is 14.1. The van der Waals surface area contributed by atoms with E-state index in [9.17, 15) is 4.79 Å². The smallest absolute Gasteiger partial charge is 0.244 e. The Bertz CT molecular complexity index is 484. The number of hydrogen-bond donors (Lipinski definition) is 1. The maximum Gasteiger partial charge on any atom is 0.244 e. The number of likely N-dealkylation sites (tertiary alicyclic amines) is 1. The molecule has 0 bridgehead atoms. The highest BCUT2D eigenvalue weighted by Crippen LogP contribution is 2.36. The summed E-state index contributed by atoms with van der Waals surface area (Å²) < 4.78 is 1.69. The summed E-state index contributed by atoms with van der Waals surface area (Å²) in [6.45, 7) is 1.77. The molecule has 110 valence electrons. The standard InChI is InChI=1S/C15H24N4O/c1-18-9-13(8-17-18)14(16)15(20)19-7-6-11-4-2-3-5-12(11)10-19/h8-9,11-12,14H,2-7,10,16H2,1H3. The van der Waals surface area contributed by atoms with Gasteiger partial charge in [-0.2, -0.15) is 5.10 Å². The van der Waals surface area contributed by atoms with Crippen molar-refractivity contribution in [2.24, 2.45) is 24.6 Å². The number of nitrogens with two attached hydrogens (primary N) is 1. The van der Waals surface area contributed by atoms with Gasteiger partial charge in [-0.05, 0) is 24.7 Å². The van der Waals surface area contributed by atoms with Crippen LogP contribution in [0.3, 0.4) is 0 Å². The predicted octanol–water partition coefficient (Wildman–Crippen LogP) is 1.46. The highest BCUT2D eigenvalue weighted by Gasteiger charge is 2.34. The molecule has 3 unspecified atom stereocenters. The van der Waals surface area contributed by atoms with Crippen LogP contribution in [-0.4, -0.2) is 33.7 Å². The number of piperidine rings is 1. The first kappa shape index (κ1) is 13.6. The molecule has 1 aromatic rings. The Hall–Kier alpha value is -1.36. The van der Waals surface area contributed by atoms with Crippen LogP contribution in [0.5, 0.6) is 0 Å². The van der Waals surface area contributed by atoms with Crippen LogP contribution >= 0.6 is 0 Å². The zero-order valence-corrected chi connectivity index (χ0v) is 12.2. The molecule has 2 fully saturated rings. The number of carbonyl (C=O) groups is 1. The summed E-state index contributed by atoms with van der Waals surface area (Å²) in [5.74, 6) is 1.59. The second-order valence-corrected chi connectivity index (χ2v) is 6.30. The van der Waals surface area contributed by atoms with Gasteiger partial charge in [-0.3, -0.25) is 9.48 Å². The molecule has 1 saturated carbocycles. The Balaban J connectivity index is 1.65. The molecule has 1 aliphatic carbocycles. The first-order chi connectivity index (χ1) is 9.65. The molecule has 2 aliphatic rings. The van der Waals surface area contributed by atoms with Gasteiger partial charge in [0.05, 0.1) is 6.20 Å². The average Bonchev–Trinajstić information content (AvgIpc) is 2.92. The van der Waals surface area contributed by atoms with Crippen molar-refractivity contribution in [2.45, 2.75) is 38.1 Å². The van der Waals surface area contributed by atoms with Crippen LogP contribution in [0.25, 0.3) is 0 Å². The average molecular weight is 276 g/mol. The largest absolute Gasteiger partial charge is 0.341 e. The third-order valence-corrected chi connectivity index (χ3v) is 4.95. The first-order valence-corrected chi connectivity index (χ1v) is 7.68. The molecule has 2 heterocycles. The van der Waals surface area contributed by atoms with E-state index in [1.165, 1.54) is 25.7 Å². The first-order valence-electron chi connectivity index (χ1n) is 7.68. The highest BCUT2D eigenvalue weighted by atomic mass is 16.2. The van der Waals surface area contributed by atoms with Gasteiger partial charge < -0.3 is 10.6 Å². The Kier molecular flexibility index (Phi) is 3.78. The SMILES string of the molecule is Cn1cc(C(N)C(=O)N2CCC3CCCCC3C2)cn1. The van der Waals surface area contributed by atoms with Crippen molar-refractivity contribution in [3.8, 4) is 0 Å². The number of aromatic nitrogens is 2. The van der Waals surface area contributed by atoms with Crippen molar-refractivity contribution in [1.29, 1.82) is 0 Å². The predicted molar refractivity (Wildman–Crippen MR) is 76.8 cm³/mol. The van der Waals surface area contributed by atoms with E-state index in [1.807, 2.05) is 18.1 Å². The summed E-state index contributed by atoms with van der Waals surface area (Å²) >= 11 is 0. The molecule has 1 aromatic heterocycles. The van der Waals surface area contributed by atoms with Crippen LogP contribution < -0.4 is 5.73 Å². The van der Waals surface area contributed by atoms with Crippen LogP contribution in [0.1, 0.15) is 43.7 Å². The number of aryl methyl sites for hydroxylation is 1. The van der Waals surface area contributed by atoms with E-state index in [4.69, 9.17) is 5.73 Å². The number of nitrogens with zero attached hydrogens (tertiary/aromatic N) is 3. The molecule has 5 nitrogen and oxygen atoms in total. The van der Waals surface area contributed by atoms with E-state index in [1.54, 1.807) is 10.9 Å². The summed E-state index contributed by atoms with van der Waals surface area (Å²) in [5.41, 5.74) is 6.91.